The second-order valence-electron chi connectivity index (χ2n) is 6.59. The Bertz CT molecular complexity index is 1180. The van der Waals surface area contributed by atoms with Crippen LogP contribution in [0.5, 0.6) is 5.75 Å². The molecule has 8 heteroatoms. The molecule has 3 aromatic carbocycles. The number of aryl methyl sites for hydroxylation is 1. The number of rotatable bonds is 7. The molecule has 6 nitrogen and oxygen atoms in total. The normalized spacial score (nSPS) is 11.0. The molecule has 0 heterocycles. The van der Waals surface area contributed by atoms with Gasteiger partial charge in [-0.15, -0.1) is 0 Å². The fraction of sp³-hybridized carbons (Fsp3) is 0.136. The molecular formula is C22H21FN2O4S. The van der Waals surface area contributed by atoms with Crippen LogP contribution in [0.25, 0.3) is 0 Å². The number of methoxy groups -OCH3 is 1. The Kier molecular flexibility index (Phi) is 6.37. The van der Waals surface area contributed by atoms with Gasteiger partial charge in [0.25, 0.3) is 15.9 Å². The zero-order valence-corrected chi connectivity index (χ0v) is 17.3. The van der Waals surface area contributed by atoms with Gasteiger partial charge in [0.15, 0.2) is 0 Å². The number of benzene rings is 3. The van der Waals surface area contributed by atoms with Crippen LogP contribution in [0.15, 0.2) is 71.6 Å². The Labute approximate surface area is 174 Å². The summed E-state index contributed by atoms with van der Waals surface area (Å²) >= 11 is 0. The van der Waals surface area contributed by atoms with Crippen molar-refractivity contribution in [3.05, 3.63) is 89.2 Å². The third-order valence-electron chi connectivity index (χ3n) is 4.46. The lowest BCUT2D eigenvalue weighted by Crippen LogP contribution is -2.23. The van der Waals surface area contributed by atoms with E-state index in [0.29, 0.717) is 11.3 Å². The second-order valence-corrected chi connectivity index (χ2v) is 8.27. The number of anilines is 1. The van der Waals surface area contributed by atoms with Crippen LogP contribution in [0.2, 0.25) is 0 Å². The number of halogens is 1. The predicted octanol–water partition coefficient (Wildman–Crippen LogP) is 3.87. The number of hydrogen-bond acceptors (Lipinski definition) is 4. The van der Waals surface area contributed by atoms with Gasteiger partial charge in [-0.1, -0.05) is 30.3 Å². The van der Waals surface area contributed by atoms with Gasteiger partial charge in [-0.2, -0.15) is 0 Å². The van der Waals surface area contributed by atoms with Crippen LogP contribution in [0.3, 0.4) is 0 Å². The molecule has 0 aliphatic rings. The molecular weight excluding hydrogens is 407 g/mol. The van der Waals surface area contributed by atoms with Crippen LogP contribution in [0, 0.1) is 12.7 Å². The van der Waals surface area contributed by atoms with Gasteiger partial charge >= 0.3 is 0 Å². The van der Waals surface area contributed by atoms with Crippen molar-refractivity contribution in [1.82, 2.24) is 5.32 Å². The fourth-order valence-corrected chi connectivity index (χ4v) is 3.87. The number of ether oxygens (including phenoxy) is 1. The lowest BCUT2D eigenvalue weighted by atomic mass is 10.1. The zero-order chi connectivity index (χ0) is 21.7. The molecule has 30 heavy (non-hydrogen) atoms. The number of nitrogens with one attached hydrogen (secondary N) is 2. The van der Waals surface area contributed by atoms with E-state index in [1.807, 2.05) is 18.2 Å². The topological polar surface area (TPSA) is 84.5 Å². The summed E-state index contributed by atoms with van der Waals surface area (Å²) in [5.41, 5.74) is 1.63. The van der Waals surface area contributed by atoms with Gasteiger partial charge in [-0.25, -0.2) is 12.8 Å². The third-order valence-corrected chi connectivity index (χ3v) is 5.84. The van der Waals surface area contributed by atoms with E-state index in [1.165, 1.54) is 24.3 Å². The molecule has 0 radical (unpaired) electrons. The summed E-state index contributed by atoms with van der Waals surface area (Å²) in [6.07, 6.45) is 0. The molecule has 0 atom stereocenters. The molecule has 0 aromatic heterocycles. The first kappa shape index (κ1) is 21.3. The molecule has 2 N–H and O–H groups in total. The highest BCUT2D eigenvalue weighted by Crippen LogP contribution is 2.20. The SMILES string of the molecule is COc1ccccc1CNC(=O)c1cccc(NS(=O)(=O)c2ccc(C)c(F)c2)c1. The first-order chi connectivity index (χ1) is 14.3. The summed E-state index contributed by atoms with van der Waals surface area (Å²) in [7, 11) is -2.45. The summed E-state index contributed by atoms with van der Waals surface area (Å²) in [5.74, 6) is -0.324. The highest BCUT2D eigenvalue weighted by Gasteiger charge is 2.17. The minimum atomic E-state index is -4.00. The Hall–Kier alpha value is -3.39. The van der Waals surface area contributed by atoms with E-state index in [9.17, 15) is 17.6 Å². The lowest BCUT2D eigenvalue weighted by molar-refractivity contribution is 0.0950. The molecule has 3 rings (SSSR count). The van der Waals surface area contributed by atoms with Crippen molar-refractivity contribution >= 4 is 21.6 Å². The predicted molar refractivity (Wildman–Crippen MR) is 113 cm³/mol. The van der Waals surface area contributed by atoms with Crippen LogP contribution in [-0.2, 0) is 16.6 Å². The van der Waals surface area contributed by atoms with Crippen molar-refractivity contribution in [2.45, 2.75) is 18.4 Å². The largest absolute Gasteiger partial charge is 0.496 e. The molecule has 0 aliphatic carbocycles. The quantitative estimate of drug-likeness (QED) is 0.598. The molecule has 3 aromatic rings. The van der Waals surface area contributed by atoms with Crippen LogP contribution in [0.4, 0.5) is 10.1 Å². The average Bonchev–Trinajstić information content (AvgIpc) is 2.74. The van der Waals surface area contributed by atoms with E-state index in [0.717, 1.165) is 11.6 Å². The number of carbonyl (C=O) groups excluding carboxylic acids is 1. The van der Waals surface area contributed by atoms with E-state index in [2.05, 4.69) is 10.0 Å². The summed E-state index contributed by atoms with van der Waals surface area (Å²) < 4.78 is 46.4. The summed E-state index contributed by atoms with van der Waals surface area (Å²) in [6.45, 7) is 1.80. The van der Waals surface area contributed by atoms with Crippen molar-refractivity contribution in [2.24, 2.45) is 0 Å². The van der Waals surface area contributed by atoms with Gasteiger partial charge < -0.3 is 10.1 Å². The van der Waals surface area contributed by atoms with Crippen LogP contribution >= 0.6 is 0 Å². The second kappa shape index (κ2) is 8.96. The molecule has 0 saturated heterocycles. The first-order valence-electron chi connectivity index (χ1n) is 9.09. The number of para-hydroxylation sites is 1. The van der Waals surface area contributed by atoms with Crippen LogP contribution < -0.4 is 14.8 Å². The highest BCUT2D eigenvalue weighted by molar-refractivity contribution is 7.92. The Morgan fingerprint density at radius 3 is 2.53 bits per heavy atom. The summed E-state index contributed by atoms with van der Waals surface area (Å²) in [6, 6.07) is 17.0. The van der Waals surface area contributed by atoms with Crippen LogP contribution in [0.1, 0.15) is 21.5 Å². The fourth-order valence-electron chi connectivity index (χ4n) is 2.81. The van der Waals surface area contributed by atoms with Gasteiger partial charge in [0.1, 0.15) is 11.6 Å². The van der Waals surface area contributed by atoms with Crippen molar-refractivity contribution in [2.75, 3.05) is 11.8 Å². The van der Waals surface area contributed by atoms with E-state index < -0.39 is 15.8 Å². The smallest absolute Gasteiger partial charge is 0.261 e. The minimum absolute atomic E-state index is 0.195. The molecule has 0 saturated carbocycles. The Morgan fingerprint density at radius 1 is 1.03 bits per heavy atom. The van der Waals surface area contributed by atoms with Gasteiger partial charge in [0, 0.05) is 23.4 Å². The van der Waals surface area contributed by atoms with Gasteiger partial charge in [-0.05, 0) is 48.9 Å². The highest BCUT2D eigenvalue weighted by atomic mass is 32.2. The molecule has 1 amide bonds. The maximum Gasteiger partial charge on any atom is 0.261 e. The molecule has 156 valence electrons. The van der Waals surface area contributed by atoms with Crippen molar-refractivity contribution in [1.29, 1.82) is 0 Å². The van der Waals surface area contributed by atoms with Gasteiger partial charge in [-0.3, -0.25) is 9.52 Å². The molecule has 0 aliphatic heterocycles. The Balaban J connectivity index is 1.73. The van der Waals surface area contributed by atoms with Crippen molar-refractivity contribution in [3.8, 4) is 5.75 Å². The average molecular weight is 428 g/mol. The van der Waals surface area contributed by atoms with Crippen molar-refractivity contribution in [3.63, 3.8) is 0 Å². The van der Waals surface area contributed by atoms with E-state index >= 15 is 0 Å². The van der Waals surface area contributed by atoms with E-state index in [1.54, 1.807) is 32.2 Å². The summed E-state index contributed by atoms with van der Waals surface area (Å²) in [4.78, 5) is 12.3. The first-order valence-corrected chi connectivity index (χ1v) is 10.6. The lowest BCUT2D eigenvalue weighted by Gasteiger charge is -2.11. The zero-order valence-electron chi connectivity index (χ0n) is 16.5. The standard InChI is InChI=1S/C22H21FN2O4S/c1-15-10-11-19(13-20(15)23)30(27,28)25-18-8-5-7-16(12-18)22(26)24-14-17-6-3-4-9-21(17)29-2/h3-13,25H,14H2,1-2H3,(H,24,26). The maximum absolute atomic E-state index is 13.7. The number of amides is 1. The van der Waals surface area contributed by atoms with Gasteiger partial charge in [0.05, 0.1) is 12.0 Å². The minimum Gasteiger partial charge on any atom is -0.496 e. The molecule has 0 spiro atoms. The van der Waals surface area contributed by atoms with Gasteiger partial charge in [0.2, 0.25) is 0 Å². The van der Waals surface area contributed by atoms with E-state index in [-0.39, 0.29) is 28.6 Å². The molecule has 0 bridgehead atoms. The number of carbonyl (C=O) groups is 1. The molecule has 0 unspecified atom stereocenters. The number of sulfonamides is 1. The van der Waals surface area contributed by atoms with E-state index in [4.69, 9.17) is 4.74 Å². The maximum atomic E-state index is 13.7. The molecule has 0 fully saturated rings. The number of hydrogen-bond donors (Lipinski definition) is 2. The van der Waals surface area contributed by atoms with Crippen molar-refractivity contribution < 1.29 is 22.3 Å². The monoisotopic (exact) mass is 428 g/mol. The Morgan fingerprint density at radius 2 is 1.80 bits per heavy atom. The summed E-state index contributed by atoms with van der Waals surface area (Å²) in [5, 5.41) is 2.78. The third kappa shape index (κ3) is 4.96. The van der Waals surface area contributed by atoms with Crippen LogP contribution in [-0.4, -0.2) is 21.4 Å².